The van der Waals surface area contributed by atoms with Gasteiger partial charge >= 0.3 is 0 Å². The number of carbonyl (C=O) groups is 1. The predicted molar refractivity (Wildman–Crippen MR) is 82.7 cm³/mol. The number of aryl methyl sites for hydroxylation is 1. The lowest BCUT2D eigenvalue weighted by atomic mass is 10.0. The molecule has 0 aliphatic rings. The van der Waals surface area contributed by atoms with Gasteiger partial charge in [0.25, 0.3) is 5.91 Å². The SMILES string of the molecule is Cc1ccccc1-c1[nH]c(-c2ccncc2)cc1C(N)=O. The van der Waals surface area contributed by atoms with Crippen LogP contribution in [0.25, 0.3) is 22.5 Å². The summed E-state index contributed by atoms with van der Waals surface area (Å²) in [6.45, 7) is 2.01. The van der Waals surface area contributed by atoms with E-state index in [1.54, 1.807) is 18.5 Å². The summed E-state index contributed by atoms with van der Waals surface area (Å²) in [6.07, 6.45) is 3.43. The summed E-state index contributed by atoms with van der Waals surface area (Å²) < 4.78 is 0. The van der Waals surface area contributed by atoms with Gasteiger partial charge in [-0.2, -0.15) is 0 Å². The fourth-order valence-electron chi connectivity index (χ4n) is 2.40. The van der Waals surface area contributed by atoms with Crippen molar-refractivity contribution in [2.45, 2.75) is 6.92 Å². The van der Waals surface area contributed by atoms with Crippen molar-refractivity contribution in [3.8, 4) is 22.5 Å². The van der Waals surface area contributed by atoms with E-state index < -0.39 is 5.91 Å². The van der Waals surface area contributed by atoms with Crippen molar-refractivity contribution in [1.29, 1.82) is 0 Å². The van der Waals surface area contributed by atoms with E-state index in [4.69, 9.17) is 5.73 Å². The van der Waals surface area contributed by atoms with Crippen molar-refractivity contribution in [2.24, 2.45) is 5.73 Å². The molecule has 0 radical (unpaired) electrons. The molecule has 0 bridgehead atoms. The lowest BCUT2D eigenvalue weighted by Gasteiger charge is -2.05. The molecule has 1 amide bonds. The number of nitrogens with one attached hydrogen (secondary N) is 1. The Balaban J connectivity index is 2.19. The first-order valence-electron chi connectivity index (χ1n) is 6.66. The van der Waals surface area contributed by atoms with Gasteiger partial charge in [-0.05, 0) is 30.7 Å². The van der Waals surface area contributed by atoms with E-state index in [9.17, 15) is 4.79 Å². The summed E-state index contributed by atoms with van der Waals surface area (Å²) in [5, 5.41) is 0. The maximum absolute atomic E-state index is 11.7. The Kier molecular flexibility index (Phi) is 3.28. The highest BCUT2D eigenvalue weighted by atomic mass is 16.1. The zero-order chi connectivity index (χ0) is 14.8. The van der Waals surface area contributed by atoms with E-state index >= 15 is 0 Å². The van der Waals surface area contributed by atoms with Crippen LogP contribution >= 0.6 is 0 Å². The Labute approximate surface area is 122 Å². The highest BCUT2D eigenvalue weighted by molar-refractivity contribution is 6.01. The van der Waals surface area contributed by atoms with Crippen LogP contribution in [0.15, 0.2) is 54.9 Å². The molecule has 3 N–H and O–H groups in total. The molecule has 0 aliphatic carbocycles. The van der Waals surface area contributed by atoms with Gasteiger partial charge in [0.1, 0.15) is 0 Å². The quantitative estimate of drug-likeness (QED) is 0.772. The molecule has 0 atom stereocenters. The van der Waals surface area contributed by atoms with Gasteiger partial charge in [0.05, 0.1) is 11.3 Å². The maximum Gasteiger partial charge on any atom is 0.250 e. The van der Waals surface area contributed by atoms with Crippen LogP contribution in [-0.2, 0) is 0 Å². The Morgan fingerprint density at radius 3 is 2.52 bits per heavy atom. The van der Waals surface area contributed by atoms with E-state index in [-0.39, 0.29) is 0 Å². The molecule has 3 aromatic rings. The number of pyridine rings is 1. The predicted octanol–water partition coefficient (Wildman–Crippen LogP) is 3.15. The van der Waals surface area contributed by atoms with Crippen molar-refractivity contribution < 1.29 is 4.79 Å². The lowest BCUT2D eigenvalue weighted by Crippen LogP contribution is -2.11. The summed E-state index contributed by atoms with van der Waals surface area (Å²) in [5.41, 5.74) is 10.7. The molecule has 2 heterocycles. The first-order chi connectivity index (χ1) is 10.2. The summed E-state index contributed by atoms with van der Waals surface area (Å²) in [6, 6.07) is 13.5. The molecule has 0 aliphatic heterocycles. The third-order valence-electron chi connectivity index (χ3n) is 3.49. The number of nitrogens with two attached hydrogens (primary N) is 1. The normalized spacial score (nSPS) is 10.5. The molecule has 21 heavy (non-hydrogen) atoms. The molecule has 3 rings (SSSR count). The number of amides is 1. The minimum atomic E-state index is -0.440. The topological polar surface area (TPSA) is 71.8 Å². The fraction of sp³-hybridized carbons (Fsp3) is 0.0588. The van der Waals surface area contributed by atoms with E-state index in [1.807, 2.05) is 43.3 Å². The molecule has 0 spiro atoms. The molecule has 0 saturated heterocycles. The number of hydrogen-bond acceptors (Lipinski definition) is 2. The number of primary amides is 1. The number of nitrogens with zero attached hydrogens (tertiary/aromatic N) is 1. The Morgan fingerprint density at radius 2 is 1.86 bits per heavy atom. The molecule has 0 saturated carbocycles. The summed E-state index contributed by atoms with van der Waals surface area (Å²) >= 11 is 0. The number of H-pyrrole nitrogens is 1. The van der Waals surface area contributed by atoms with Gasteiger partial charge in [-0.3, -0.25) is 9.78 Å². The second-order valence-corrected chi connectivity index (χ2v) is 4.89. The Bertz CT molecular complexity index is 791. The second-order valence-electron chi connectivity index (χ2n) is 4.89. The van der Waals surface area contributed by atoms with Gasteiger partial charge in [0.2, 0.25) is 0 Å². The minimum Gasteiger partial charge on any atom is -0.366 e. The second kappa shape index (κ2) is 5.25. The Morgan fingerprint density at radius 1 is 1.14 bits per heavy atom. The minimum absolute atomic E-state index is 0.440. The van der Waals surface area contributed by atoms with Gasteiger partial charge < -0.3 is 10.7 Å². The zero-order valence-electron chi connectivity index (χ0n) is 11.6. The van der Waals surface area contributed by atoms with Crippen LogP contribution in [-0.4, -0.2) is 15.9 Å². The number of hydrogen-bond donors (Lipinski definition) is 2. The maximum atomic E-state index is 11.7. The molecule has 104 valence electrons. The molecule has 1 aromatic carbocycles. The summed E-state index contributed by atoms with van der Waals surface area (Å²) in [4.78, 5) is 19.1. The van der Waals surface area contributed by atoms with Gasteiger partial charge in [-0.15, -0.1) is 0 Å². The number of benzene rings is 1. The van der Waals surface area contributed by atoms with Crippen LogP contribution in [0.5, 0.6) is 0 Å². The monoisotopic (exact) mass is 277 g/mol. The molecular formula is C17H15N3O. The van der Waals surface area contributed by atoms with Crippen LogP contribution in [0.4, 0.5) is 0 Å². The third kappa shape index (κ3) is 2.43. The van der Waals surface area contributed by atoms with Crippen molar-refractivity contribution in [2.75, 3.05) is 0 Å². The lowest BCUT2D eigenvalue weighted by molar-refractivity contribution is 0.100. The van der Waals surface area contributed by atoms with E-state index in [2.05, 4.69) is 9.97 Å². The first kappa shape index (κ1) is 13.1. The highest BCUT2D eigenvalue weighted by Gasteiger charge is 2.16. The Hall–Kier alpha value is -2.88. The highest BCUT2D eigenvalue weighted by Crippen LogP contribution is 2.30. The first-order valence-corrected chi connectivity index (χ1v) is 6.66. The summed E-state index contributed by atoms with van der Waals surface area (Å²) in [5.74, 6) is -0.440. The average molecular weight is 277 g/mol. The van der Waals surface area contributed by atoms with E-state index in [0.717, 1.165) is 28.1 Å². The van der Waals surface area contributed by atoms with Crippen molar-refractivity contribution in [3.63, 3.8) is 0 Å². The van der Waals surface area contributed by atoms with Gasteiger partial charge in [-0.25, -0.2) is 0 Å². The van der Waals surface area contributed by atoms with E-state index in [1.165, 1.54) is 0 Å². The fourth-order valence-corrected chi connectivity index (χ4v) is 2.40. The summed E-state index contributed by atoms with van der Waals surface area (Å²) in [7, 11) is 0. The smallest absolute Gasteiger partial charge is 0.250 e. The molecule has 0 fully saturated rings. The van der Waals surface area contributed by atoms with Crippen LogP contribution in [0.2, 0.25) is 0 Å². The van der Waals surface area contributed by atoms with Gasteiger partial charge in [0.15, 0.2) is 0 Å². The molecular weight excluding hydrogens is 262 g/mol. The van der Waals surface area contributed by atoms with Gasteiger partial charge in [0, 0.05) is 29.2 Å². The van der Waals surface area contributed by atoms with Crippen molar-refractivity contribution >= 4 is 5.91 Å². The molecule has 4 nitrogen and oxygen atoms in total. The number of rotatable bonds is 3. The average Bonchev–Trinajstić information content (AvgIpc) is 2.94. The largest absolute Gasteiger partial charge is 0.366 e. The molecule has 4 heteroatoms. The number of aromatic nitrogens is 2. The zero-order valence-corrected chi connectivity index (χ0v) is 11.6. The molecule has 2 aromatic heterocycles. The number of aromatic amines is 1. The van der Waals surface area contributed by atoms with Gasteiger partial charge in [-0.1, -0.05) is 24.3 Å². The van der Waals surface area contributed by atoms with E-state index in [0.29, 0.717) is 5.56 Å². The molecule has 0 unspecified atom stereocenters. The third-order valence-corrected chi connectivity index (χ3v) is 3.49. The van der Waals surface area contributed by atoms with Crippen molar-refractivity contribution in [1.82, 2.24) is 9.97 Å². The van der Waals surface area contributed by atoms with Crippen LogP contribution in [0.3, 0.4) is 0 Å². The van der Waals surface area contributed by atoms with Crippen molar-refractivity contribution in [3.05, 3.63) is 66.0 Å². The van der Waals surface area contributed by atoms with Crippen LogP contribution < -0.4 is 5.73 Å². The number of carbonyl (C=O) groups excluding carboxylic acids is 1. The van der Waals surface area contributed by atoms with Crippen LogP contribution in [0.1, 0.15) is 15.9 Å². The van der Waals surface area contributed by atoms with Crippen LogP contribution in [0, 0.1) is 6.92 Å². The standard InChI is InChI=1S/C17H15N3O/c1-11-4-2-3-5-13(11)16-14(17(18)21)10-15(20-16)12-6-8-19-9-7-12/h2-10,20H,1H3,(H2,18,21).